The van der Waals surface area contributed by atoms with Gasteiger partial charge in [0.25, 0.3) is 10.0 Å². The van der Waals surface area contributed by atoms with Crippen LogP contribution >= 0.6 is 11.6 Å². The molecule has 11 heteroatoms. The van der Waals surface area contributed by atoms with E-state index >= 15 is 0 Å². The van der Waals surface area contributed by atoms with Gasteiger partial charge in [-0.25, -0.2) is 13.2 Å². The zero-order valence-corrected chi connectivity index (χ0v) is 16.8. The first-order valence-electron chi connectivity index (χ1n) is 8.17. The summed E-state index contributed by atoms with van der Waals surface area (Å²) in [6, 6.07) is 8.55. The third-order valence-corrected chi connectivity index (χ3v) is 5.89. The maximum absolute atomic E-state index is 13.1. The van der Waals surface area contributed by atoms with Gasteiger partial charge in [-0.15, -0.1) is 6.58 Å². The molecule has 2 rings (SSSR count). The number of nitriles is 1. The molecule has 0 saturated carbocycles. The Morgan fingerprint density at radius 3 is 2.57 bits per heavy atom. The molecule has 0 aliphatic rings. The van der Waals surface area contributed by atoms with Crippen LogP contribution in [0.4, 0.5) is 18.9 Å². The van der Waals surface area contributed by atoms with E-state index < -0.39 is 39.2 Å². The van der Waals surface area contributed by atoms with Gasteiger partial charge in [-0.1, -0.05) is 23.7 Å². The van der Waals surface area contributed by atoms with E-state index in [9.17, 15) is 26.4 Å². The van der Waals surface area contributed by atoms with Crippen molar-refractivity contribution in [2.75, 3.05) is 17.5 Å². The van der Waals surface area contributed by atoms with E-state index in [-0.39, 0.29) is 22.8 Å². The Morgan fingerprint density at radius 1 is 1.27 bits per heavy atom. The van der Waals surface area contributed by atoms with Gasteiger partial charge in [-0.2, -0.15) is 18.4 Å². The van der Waals surface area contributed by atoms with Crippen LogP contribution in [0, 0.1) is 11.3 Å². The van der Waals surface area contributed by atoms with E-state index in [1.54, 1.807) is 6.07 Å². The number of carbonyl (C=O) groups excluding carboxylic acids is 1. The fraction of sp³-hybridized carbons (Fsp3) is 0.158. The summed E-state index contributed by atoms with van der Waals surface area (Å²) in [5.41, 5.74) is -1.58. The lowest BCUT2D eigenvalue weighted by atomic mass is 10.2. The summed E-state index contributed by atoms with van der Waals surface area (Å²) in [5.74, 6) is -1.02. The molecule has 0 atom stereocenters. The lowest BCUT2D eigenvalue weighted by Crippen LogP contribution is -2.31. The van der Waals surface area contributed by atoms with Gasteiger partial charge >= 0.3 is 12.1 Å². The number of esters is 1. The van der Waals surface area contributed by atoms with Gasteiger partial charge in [-0.3, -0.25) is 4.31 Å². The average Bonchev–Trinajstić information content (AvgIpc) is 2.69. The van der Waals surface area contributed by atoms with Crippen molar-refractivity contribution in [3.05, 3.63) is 71.3 Å². The van der Waals surface area contributed by atoms with E-state index in [2.05, 4.69) is 11.3 Å². The smallest absolute Gasteiger partial charge is 0.416 e. The van der Waals surface area contributed by atoms with Crippen molar-refractivity contribution in [1.29, 1.82) is 5.26 Å². The van der Waals surface area contributed by atoms with Crippen LogP contribution in [0.15, 0.2) is 60.0 Å². The maximum atomic E-state index is 13.1. The third kappa shape index (κ3) is 5.11. The molecule has 0 aliphatic carbocycles. The summed E-state index contributed by atoms with van der Waals surface area (Å²) in [6.07, 6.45) is -3.46. The number of halogens is 4. The average molecular weight is 459 g/mol. The summed E-state index contributed by atoms with van der Waals surface area (Å²) in [4.78, 5) is 11.6. The molecular weight excluding hydrogens is 445 g/mol. The number of alkyl halides is 3. The minimum Gasteiger partial charge on any atom is -0.447 e. The molecular formula is C19H14ClF3N2O4S. The Bertz CT molecular complexity index is 1110. The lowest BCUT2D eigenvalue weighted by Gasteiger charge is -2.24. The van der Waals surface area contributed by atoms with Crippen LogP contribution in [0.2, 0.25) is 5.02 Å². The highest BCUT2D eigenvalue weighted by Crippen LogP contribution is 2.33. The molecule has 0 bridgehead atoms. The number of benzene rings is 2. The van der Waals surface area contributed by atoms with Crippen molar-refractivity contribution in [2.45, 2.75) is 11.1 Å². The number of carbonyl (C=O) groups is 1. The van der Waals surface area contributed by atoms with Gasteiger partial charge in [0.05, 0.1) is 33.3 Å². The minimum absolute atomic E-state index is 0.119. The predicted octanol–water partition coefficient (Wildman–Crippen LogP) is 4.42. The first-order chi connectivity index (χ1) is 14.0. The molecule has 0 spiro atoms. The molecule has 0 radical (unpaired) electrons. The van der Waals surface area contributed by atoms with Crippen LogP contribution in [-0.4, -0.2) is 27.5 Å². The van der Waals surface area contributed by atoms with E-state index in [0.717, 1.165) is 30.3 Å². The minimum atomic E-state index is -4.67. The van der Waals surface area contributed by atoms with E-state index in [1.165, 1.54) is 12.1 Å². The summed E-state index contributed by atoms with van der Waals surface area (Å²) in [6.45, 7) is 2.54. The van der Waals surface area contributed by atoms with Gasteiger partial charge in [0.1, 0.15) is 6.07 Å². The number of anilines is 1. The molecule has 0 saturated heterocycles. The number of ether oxygens (including phenoxy) is 1. The van der Waals surface area contributed by atoms with E-state index in [0.29, 0.717) is 10.4 Å². The van der Waals surface area contributed by atoms with E-state index in [1.807, 2.05) is 0 Å². The highest BCUT2D eigenvalue weighted by Gasteiger charge is 2.32. The first kappa shape index (κ1) is 23.3. The molecule has 0 heterocycles. The fourth-order valence-electron chi connectivity index (χ4n) is 2.42. The van der Waals surface area contributed by atoms with Crippen LogP contribution in [0.25, 0.3) is 0 Å². The quantitative estimate of drug-likeness (QED) is 0.452. The summed E-state index contributed by atoms with van der Waals surface area (Å²) in [7, 11) is -4.41. The Morgan fingerprint density at radius 2 is 1.97 bits per heavy atom. The highest BCUT2D eigenvalue weighted by atomic mass is 35.5. The van der Waals surface area contributed by atoms with Crippen molar-refractivity contribution >= 4 is 33.3 Å². The third-order valence-electron chi connectivity index (χ3n) is 3.77. The van der Waals surface area contributed by atoms with Crippen LogP contribution in [-0.2, 0) is 20.9 Å². The van der Waals surface area contributed by atoms with E-state index in [4.69, 9.17) is 16.9 Å². The SMILES string of the molecule is C=CCN(c1cccc(C(F)(F)F)c1)S(=O)(=O)c1ccc(Cl)c(C(=O)OCC#N)c1. The molecule has 0 amide bonds. The zero-order chi connectivity index (χ0) is 22.5. The molecule has 2 aromatic carbocycles. The Balaban J connectivity index is 2.55. The molecule has 2 aromatic rings. The van der Waals surface area contributed by atoms with Crippen molar-refractivity contribution in [3.63, 3.8) is 0 Å². The van der Waals surface area contributed by atoms with Crippen LogP contribution in [0.5, 0.6) is 0 Å². The standard InChI is InChI=1S/C19H14ClF3N2O4S/c1-2-9-25(14-5-3-4-13(11-14)19(21,22)23)30(27,28)15-6-7-17(20)16(12-15)18(26)29-10-8-24/h2-7,11-12H,1,9-10H2. The van der Waals surface area contributed by atoms with Crippen LogP contribution in [0.3, 0.4) is 0 Å². The predicted molar refractivity (Wildman–Crippen MR) is 104 cm³/mol. The first-order valence-corrected chi connectivity index (χ1v) is 9.98. The Hall–Kier alpha value is -3.03. The molecule has 0 aromatic heterocycles. The molecule has 158 valence electrons. The topological polar surface area (TPSA) is 87.5 Å². The Labute approximate surface area is 175 Å². The monoisotopic (exact) mass is 458 g/mol. The zero-order valence-electron chi connectivity index (χ0n) is 15.2. The molecule has 30 heavy (non-hydrogen) atoms. The highest BCUT2D eigenvalue weighted by molar-refractivity contribution is 7.92. The molecule has 0 unspecified atom stereocenters. The number of nitrogens with zero attached hydrogens (tertiary/aromatic N) is 2. The van der Waals surface area contributed by atoms with Crippen molar-refractivity contribution in [2.24, 2.45) is 0 Å². The van der Waals surface area contributed by atoms with Gasteiger partial charge in [0.2, 0.25) is 0 Å². The normalized spacial score (nSPS) is 11.4. The van der Waals surface area contributed by atoms with Crippen LogP contribution in [0.1, 0.15) is 15.9 Å². The number of sulfonamides is 1. The Kier molecular flexibility index (Phi) is 7.12. The van der Waals surface area contributed by atoms with Gasteiger partial charge in [-0.05, 0) is 36.4 Å². The van der Waals surface area contributed by atoms with Crippen molar-refractivity contribution in [1.82, 2.24) is 0 Å². The lowest BCUT2D eigenvalue weighted by molar-refractivity contribution is -0.137. The summed E-state index contributed by atoms with van der Waals surface area (Å²) in [5, 5.41) is 8.38. The van der Waals surface area contributed by atoms with Crippen molar-refractivity contribution < 1.29 is 31.1 Å². The molecule has 6 nitrogen and oxygen atoms in total. The second-order valence-corrected chi connectivity index (χ2v) is 8.02. The van der Waals surface area contributed by atoms with Crippen LogP contribution < -0.4 is 4.31 Å². The molecule has 0 fully saturated rings. The second-order valence-electron chi connectivity index (χ2n) is 5.75. The molecule has 0 N–H and O–H groups in total. The largest absolute Gasteiger partial charge is 0.447 e. The van der Waals surface area contributed by atoms with Crippen molar-refractivity contribution in [3.8, 4) is 6.07 Å². The summed E-state index contributed by atoms with van der Waals surface area (Å²) < 4.78 is 70.8. The van der Waals surface area contributed by atoms with Gasteiger partial charge in [0.15, 0.2) is 6.61 Å². The van der Waals surface area contributed by atoms with Gasteiger partial charge in [0, 0.05) is 0 Å². The maximum Gasteiger partial charge on any atom is 0.416 e. The second kappa shape index (κ2) is 9.19. The number of rotatable bonds is 7. The number of hydrogen-bond acceptors (Lipinski definition) is 5. The molecule has 0 aliphatic heterocycles. The summed E-state index contributed by atoms with van der Waals surface area (Å²) >= 11 is 5.92. The fourth-order valence-corrected chi connectivity index (χ4v) is 4.07. The number of hydrogen-bond donors (Lipinski definition) is 0. The van der Waals surface area contributed by atoms with Gasteiger partial charge < -0.3 is 4.74 Å².